The van der Waals surface area contributed by atoms with Crippen LogP contribution in [0.25, 0.3) is 10.9 Å². The summed E-state index contributed by atoms with van der Waals surface area (Å²) in [4.78, 5) is 16.9. The molecule has 0 saturated heterocycles. The quantitative estimate of drug-likeness (QED) is 0.669. The van der Waals surface area contributed by atoms with Crippen molar-refractivity contribution in [2.24, 2.45) is 0 Å². The molecule has 0 spiro atoms. The lowest BCUT2D eigenvalue weighted by molar-refractivity contribution is -0.118. The maximum atomic E-state index is 11.6. The van der Waals surface area contributed by atoms with Gasteiger partial charge in [-0.25, -0.2) is 0 Å². The number of benzene rings is 1. The van der Waals surface area contributed by atoms with Crippen molar-refractivity contribution in [3.63, 3.8) is 0 Å². The van der Waals surface area contributed by atoms with Crippen LogP contribution in [0.5, 0.6) is 0 Å². The number of aromatic nitrogens is 1. The molecule has 1 N–H and O–H groups in total. The molecule has 5 heteroatoms. The summed E-state index contributed by atoms with van der Waals surface area (Å²) in [6, 6.07) is 11.8. The van der Waals surface area contributed by atoms with Crippen molar-refractivity contribution in [3.05, 3.63) is 36.5 Å². The summed E-state index contributed by atoms with van der Waals surface area (Å²) in [7, 11) is 0. The minimum atomic E-state index is -0.0619. The van der Waals surface area contributed by atoms with Gasteiger partial charge in [0, 0.05) is 23.0 Å². The normalized spacial score (nSPS) is 10.1. The van der Waals surface area contributed by atoms with Gasteiger partial charge in [-0.15, -0.1) is 11.8 Å². The zero-order valence-corrected chi connectivity index (χ0v) is 11.1. The fourth-order valence-electron chi connectivity index (χ4n) is 1.64. The highest BCUT2D eigenvalue weighted by Gasteiger charge is 2.05. The summed E-state index contributed by atoms with van der Waals surface area (Å²) in [6.07, 6.45) is 2.09. The van der Waals surface area contributed by atoms with Crippen molar-refractivity contribution in [2.45, 2.75) is 11.3 Å². The molecule has 0 saturated carbocycles. The number of rotatable bonds is 5. The lowest BCUT2D eigenvalue weighted by Crippen LogP contribution is -2.25. The second kappa shape index (κ2) is 6.76. The summed E-state index contributed by atoms with van der Waals surface area (Å²) in [5.74, 6) is 0.273. The van der Waals surface area contributed by atoms with Crippen LogP contribution < -0.4 is 5.32 Å². The molecule has 0 unspecified atom stereocenters. The van der Waals surface area contributed by atoms with Gasteiger partial charge in [0.1, 0.15) is 0 Å². The SMILES string of the molecule is N#CCCNC(=O)CSc1cccc2cccnc12. The summed E-state index contributed by atoms with van der Waals surface area (Å²) in [5.41, 5.74) is 0.917. The molecule has 1 amide bonds. The molecule has 0 radical (unpaired) electrons. The molecular formula is C14H13N3OS. The van der Waals surface area contributed by atoms with Gasteiger partial charge in [-0.1, -0.05) is 18.2 Å². The Morgan fingerprint density at radius 1 is 1.37 bits per heavy atom. The monoisotopic (exact) mass is 271 g/mol. The number of hydrogen-bond acceptors (Lipinski definition) is 4. The van der Waals surface area contributed by atoms with Crippen LogP contribution in [-0.4, -0.2) is 23.2 Å². The third-order valence-corrected chi connectivity index (χ3v) is 3.56. The van der Waals surface area contributed by atoms with Crippen molar-refractivity contribution >= 4 is 28.6 Å². The van der Waals surface area contributed by atoms with Crippen LogP contribution in [0.3, 0.4) is 0 Å². The van der Waals surface area contributed by atoms with Crippen LogP contribution in [0.15, 0.2) is 41.4 Å². The van der Waals surface area contributed by atoms with Gasteiger partial charge in [0.15, 0.2) is 0 Å². The summed E-state index contributed by atoms with van der Waals surface area (Å²) in [5, 5.41) is 12.2. The summed E-state index contributed by atoms with van der Waals surface area (Å²) < 4.78 is 0. The van der Waals surface area contributed by atoms with E-state index in [1.165, 1.54) is 11.8 Å². The van der Waals surface area contributed by atoms with E-state index in [-0.39, 0.29) is 5.91 Å². The average molecular weight is 271 g/mol. The highest BCUT2D eigenvalue weighted by atomic mass is 32.2. The van der Waals surface area contributed by atoms with Gasteiger partial charge in [0.2, 0.25) is 5.91 Å². The molecule has 0 aliphatic heterocycles. The Labute approximate surface area is 115 Å². The molecule has 2 aromatic rings. The smallest absolute Gasteiger partial charge is 0.230 e. The predicted molar refractivity (Wildman–Crippen MR) is 75.7 cm³/mol. The van der Waals surface area contributed by atoms with Crippen LogP contribution in [0.4, 0.5) is 0 Å². The van der Waals surface area contributed by atoms with Gasteiger partial charge in [-0.2, -0.15) is 5.26 Å². The van der Waals surface area contributed by atoms with E-state index in [4.69, 9.17) is 5.26 Å². The van der Waals surface area contributed by atoms with Gasteiger partial charge in [-0.05, 0) is 12.1 Å². The highest BCUT2D eigenvalue weighted by Crippen LogP contribution is 2.25. The third kappa shape index (κ3) is 3.70. The van der Waals surface area contributed by atoms with Gasteiger partial charge in [0.25, 0.3) is 0 Å². The van der Waals surface area contributed by atoms with Gasteiger partial charge in [0.05, 0.1) is 23.8 Å². The van der Waals surface area contributed by atoms with E-state index in [2.05, 4.69) is 10.3 Å². The molecule has 0 atom stereocenters. The zero-order chi connectivity index (χ0) is 13.5. The van der Waals surface area contributed by atoms with Gasteiger partial charge >= 0.3 is 0 Å². The fraction of sp³-hybridized carbons (Fsp3) is 0.214. The molecule has 1 aromatic carbocycles. The molecule has 0 bridgehead atoms. The molecule has 1 aromatic heterocycles. The van der Waals surface area contributed by atoms with E-state index >= 15 is 0 Å². The Bertz CT molecular complexity index is 616. The van der Waals surface area contributed by atoms with Crippen LogP contribution >= 0.6 is 11.8 Å². The number of nitrogens with zero attached hydrogens (tertiary/aromatic N) is 2. The molecule has 1 heterocycles. The third-order valence-electron chi connectivity index (χ3n) is 2.51. The second-order valence-corrected chi connectivity index (χ2v) is 4.90. The van der Waals surface area contributed by atoms with Crippen molar-refractivity contribution in [1.82, 2.24) is 10.3 Å². The Morgan fingerprint density at radius 2 is 2.21 bits per heavy atom. The number of thioether (sulfide) groups is 1. The first-order valence-corrected chi connectivity index (χ1v) is 6.90. The number of hydrogen-bond donors (Lipinski definition) is 1. The first-order valence-electron chi connectivity index (χ1n) is 5.91. The van der Waals surface area contributed by atoms with Crippen molar-refractivity contribution < 1.29 is 4.79 Å². The Balaban J connectivity index is 1.98. The van der Waals surface area contributed by atoms with E-state index < -0.39 is 0 Å². The predicted octanol–water partition coefficient (Wildman–Crippen LogP) is 2.36. The molecule has 2 rings (SSSR count). The van der Waals surface area contributed by atoms with Gasteiger partial charge < -0.3 is 5.32 Å². The molecule has 19 heavy (non-hydrogen) atoms. The Hall–Kier alpha value is -2.06. The minimum absolute atomic E-state index is 0.0619. The minimum Gasteiger partial charge on any atom is -0.354 e. The van der Waals surface area contributed by atoms with E-state index in [1.807, 2.05) is 36.4 Å². The lowest BCUT2D eigenvalue weighted by atomic mass is 10.2. The largest absolute Gasteiger partial charge is 0.354 e. The molecule has 0 aliphatic carbocycles. The van der Waals surface area contributed by atoms with Crippen molar-refractivity contribution in [3.8, 4) is 6.07 Å². The fourth-order valence-corrected chi connectivity index (χ4v) is 2.52. The van der Waals surface area contributed by atoms with Crippen molar-refractivity contribution in [2.75, 3.05) is 12.3 Å². The Kier molecular flexibility index (Phi) is 4.76. The summed E-state index contributed by atoms with van der Waals surface area (Å²) in [6.45, 7) is 0.406. The van der Waals surface area contributed by atoms with E-state index in [0.717, 1.165) is 15.8 Å². The zero-order valence-electron chi connectivity index (χ0n) is 10.3. The number of carbonyl (C=O) groups excluding carboxylic acids is 1. The number of pyridine rings is 1. The van der Waals surface area contributed by atoms with Gasteiger partial charge in [-0.3, -0.25) is 9.78 Å². The second-order valence-electron chi connectivity index (χ2n) is 3.88. The van der Waals surface area contributed by atoms with Crippen LogP contribution in [0.2, 0.25) is 0 Å². The van der Waals surface area contributed by atoms with E-state index in [9.17, 15) is 4.79 Å². The lowest BCUT2D eigenvalue weighted by Gasteiger charge is -2.05. The maximum absolute atomic E-state index is 11.6. The number of nitriles is 1. The van der Waals surface area contributed by atoms with Crippen LogP contribution in [0, 0.1) is 11.3 Å². The molecule has 0 aliphatic rings. The molecule has 0 fully saturated rings. The topological polar surface area (TPSA) is 65.8 Å². The number of para-hydroxylation sites is 1. The first kappa shape index (κ1) is 13.4. The Morgan fingerprint density at radius 3 is 3.05 bits per heavy atom. The number of carbonyl (C=O) groups is 1. The highest BCUT2D eigenvalue weighted by molar-refractivity contribution is 8.00. The molecular weight excluding hydrogens is 258 g/mol. The molecule has 4 nitrogen and oxygen atoms in total. The molecule has 96 valence electrons. The van der Waals surface area contributed by atoms with Crippen LogP contribution in [-0.2, 0) is 4.79 Å². The van der Waals surface area contributed by atoms with E-state index in [1.54, 1.807) is 6.20 Å². The first-order chi connectivity index (χ1) is 9.31. The van der Waals surface area contributed by atoms with Crippen molar-refractivity contribution in [1.29, 1.82) is 5.26 Å². The standard InChI is InChI=1S/C14H13N3OS/c15-7-3-9-16-13(18)10-19-12-6-1-4-11-5-2-8-17-14(11)12/h1-2,4-6,8H,3,9-10H2,(H,16,18). The average Bonchev–Trinajstić information content (AvgIpc) is 2.45. The van der Waals surface area contributed by atoms with E-state index in [0.29, 0.717) is 18.7 Å². The number of amides is 1. The number of fused-ring (bicyclic) bond motifs is 1. The maximum Gasteiger partial charge on any atom is 0.230 e. The van der Waals surface area contributed by atoms with Crippen LogP contribution in [0.1, 0.15) is 6.42 Å². The number of nitrogens with one attached hydrogen (secondary N) is 1. The summed E-state index contributed by atoms with van der Waals surface area (Å²) >= 11 is 1.46.